The highest BCUT2D eigenvalue weighted by Gasteiger charge is 2.21. The normalized spacial score (nSPS) is 20.2. The monoisotopic (exact) mass is 263 g/mol. The maximum Gasteiger partial charge on any atom is 0.119 e. The molecule has 0 saturated carbocycles. The zero-order valence-corrected chi connectivity index (χ0v) is 12.1. The standard InChI is InChI=1S/C16H25NO2/c1-11(2)16(18)10-17-15-6-4-5-12-9-13(19-3)7-8-14(12)15/h7-9,11,15-18H,4-6,10H2,1-3H3. The van der Waals surface area contributed by atoms with Crippen molar-refractivity contribution < 1.29 is 9.84 Å². The molecule has 0 aliphatic heterocycles. The molecule has 19 heavy (non-hydrogen) atoms. The lowest BCUT2D eigenvalue weighted by Crippen LogP contribution is -2.34. The minimum atomic E-state index is -0.274. The van der Waals surface area contributed by atoms with E-state index in [0.717, 1.165) is 18.6 Å². The Labute approximate surface area is 116 Å². The molecule has 3 heteroatoms. The Morgan fingerprint density at radius 3 is 2.89 bits per heavy atom. The van der Waals surface area contributed by atoms with Crippen LogP contribution in [0.2, 0.25) is 0 Å². The van der Waals surface area contributed by atoms with Crippen molar-refractivity contribution in [1.29, 1.82) is 0 Å². The average molecular weight is 263 g/mol. The average Bonchev–Trinajstić information content (AvgIpc) is 2.43. The van der Waals surface area contributed by atoms with Gasteiger partial charge in [-0.05, 0) is 48.4 Å². The van der Waals surface area contributed by atoms with Gasteiger partial charge in [0.05, 0.1) is 13.2 Å². The molecule has 0 amide bonds. The van der Waals surface area contributed by atoms with Crippen LogP contribution in [-0.2, 0) is 6.42 Å². The number of rotatable bonds is 5. The number of aliphatic hydroxyl groups is 1. The lowest BCUT2D eigenvalue weighted by atomic mass is 9.87. The maximum atomic E-state index is 9.90. The van der Waals surface area contributed by atoms with E-state index >= 15 is 0 Å². The van der Waals surface area contributed by atoms with E-state index in [1.165, 1.54) is 17.5 Å². The molecule has 0 bridgehead atoms. The predicted molar refractivity (Wildman–Crippen MR) is 77.5 cm³/mol. The molecule has 1 aliphatic carbocycles. The zero-order chi connectivity index (χ0) is 13.8. The van der Waals surface area contributed by atoms with Crippen LogP contribution in [0.5, 0.6) is 5.75 Å². The number of methoxy groups -OCH3 is 1. The first-order chi connectivity index (χ1) is 9.11. The van der Waals surface area contributed by atoms with Gasteiger partial charge in [0.2, 0.25) is 0 Å². The van der Waals surface area contributed by atoms with E-state index in [1.54, 1.807) is 7.11 Å². The van der Waals surface area contributed by atoms with Crippen LogP contribution in [0.25, 0.3) is 0 Å². The summed E-state index contributed by atoms with van der Waals surface area (Å²) < 4.78 is 5.28. The third kappa shape index (κ3) is 3.48. The number of aryl methyl sites for hydroxylation is 1. The first-order valence-corrected chi connectivity index (χ1v) is 7.20. The Hall–Kier alpha value is -1.06. The third-order valence-corrected chi connectivity index (χ3v) is 4.01. The van der Waals surface area contributed by atoms with Gasteiger partial charge in [-0.25, -0.2) is 0 Å². The van der Waals surface area contributed by atoms with E-state index in [0.29, 0.717) is 18.5 Å². The fraction of sp³-hybridized carbons (Fsp3) is 0.625. The van der Waals surface area contributed by atoms with Gasteiger partial charge < -0.3 is 15.2 Å². The minimum Gasteiger partial charge on any atom is -0.497 e. The minimum absolute atomic E-state index is 0.274. The summed E-state index contributed by atoms with van der Waals surface area (Å²) in [5.74, 6) is 1.23. The summed E-state index contributed by atoms with van der Waals surface area (Å²) in [6.07, 6.45) is 3.18. The number of aliphatic hydroxyl groups excluding tert-OH is 1. The molecule has 1 aromatic rings. The van der Waals surface area contributed by atoms with E-state index in [4.69, 9.17) is 4.74 Å². The third-order valence-electron chi connectivity index (χ3n) is 4.01. The van der Waals surface area contributed by atoms with Crippen molar-refractivity contribution in [3.63, 3.8) is 0 Å². The molecule has 0 radical (unpaired) electrons. The SMILES string of the molecule is COc1ccc2c(c1)CCCC2NCC(O)C(C)C. The summed E-state index contributed by atoms with van der Waals surface area (Å²) in [6, 6.07) is 6.69. The molecular weight excluding hydrogens is 238 g/mol. The number of nitrogens with one attached hydrogen (secondary N) is 1. The van der Waals surface area contributed by atoms with Crippen LogP contribution >= 0.6 is 0 Å². The molecule has 0 spiro atoms. The van der Waals surface area contributed by atoms with E-state index in [-0.39, 0.29) is 6.10 Å². The summed E-state index contributed by atoms with van der Waals surface area (Å²) in [7, 11) is 1.71. The van der Waals surface area contributed by atoms with Crippen LogP contribution in [0.4, 0.5) is 0 Å². The quantitative estimate of drug-likeness (QED) is 0.858. The number of hydrogen-bond acceptors (Lipinski definition) is 3. The fourth-order valence-corrected chi connectivity index (χ4v) is 2.63. The molecule has 1 aliphatic rings. The summed E-state index contributed by atoms with van der Waals surface area (Å²) in [6.45, 7) is 4.76. The van der Waals surface area contributed by atoms with Gasteiger partial charge in [-0.1, -0.05) is 19.9 Å². The molecule has 2 N–H and O–H groups in total. The highest BCUT2D eigenvalue weighted by molar-refractivity contribution is 5.39. The van der Waals surface area contributed by atoms with E-state index in [1.807, 2.05) is 19.9 Å². The topological polar surface area (TPSA) is 41.5 Å². The van der Waals surface area contributed by atoms with E-state index in [2.05, 4.69) is 17.4 Å². The molecule has 2 atom stereocenters. The van der Waals surface area contributed by atoms with Gasteiger partial charge in [0.15, 0.2) is 0 Å². The molecule has 2 unspecified atom stereocenters. The smallest absolute Gasteiger partial charge is 0.119 e. The summed E-state index contributed by atoms with van der Waals surface area (Å²) in [5, 5.41) is 13.4. The van der Waals surface area contributed by atoms with Crippen LogP contribution in [0.1, 0.15) is 43.9 Å². The van der Waals surface area contributed by atoms with Gasteiger partial charge in [0, 0.05) is 12.6 Å². The molecule has 0 aromatic heterocycles. The largest absolute Gasteiger partial charge is 0.497 e. The zero-order valence-electron chi connectivity index (χ0n) is 12.1. The number of hydrogen-bond donors (Lipinski definition) is 2. The van der Waals surface area contributed by atoms with Gasteiger partial charge in [-0.3, -0.25) is 0 Å². The molecular formula is C16H25NO2. The highest BCUT2D eigenvalue weighted by atomic mass is 16.5. The first-order valence-electron chi connectivity index (χ1n) is 7.20. The number of fused-ring (bicyclic) bond motifs is 1. The van der Waals surface area contributed by atoms with Crippen LogP contribution in [0, 0.1) is 5.92 Å². The van der Waals surface area contributed by atoms with Crippen molar-refractivity contribution in [2.24, 2.45) is 5.92 Å². The molecule has 0 saturated heterocycles. The second kappa shape index (κ2) is 6.40. The summed E-state index contributed by atoms with van der Waals surface area (Å²) >= 11 is 0. The molecule has 3 nitrogen and oxygen atoms in total. The lowest BCUT2D eigenvalue weighted by molar-refractivity contribution is 0.119. The maximum absolute atomic E-state index is 9.90. The van der Waals surface area contributed by atoms with Crippen molar-refractivity contribution in [2.75, 3.05) is 13.7 Å². The fourth-order valence-electron chi connectivity index (χ4n) is 2.63. The second-order valence-electron chi connectivity index (χ2n) is 5.73. The van der Waals surface area contributed by atoms with E-state index in [9.17, 15) is 5.11 Å². The second-order valence-corrected chi connectivity index (χ2v) is 5.73. The van der Waals surface area contributed by atoms with E-state index < -0.39 is 0 Å². The first kappa shape index (κ1) is 14.4. The van der Waals surface area contributed by atoms with Crippen LogP contribution in [0.3, 0.4) is 0 Å². The molecule has 0 heterocycles. The molecule has 1 aromatic carbocycles. The molecule has 2 rings (SSSR count). The van der Waals surface area contributed by atoms with Crippen molar-refractivity contribution >= 4 is 0 Å². The molecule has 106 valence electrons. The van der Waals surface area contributed by atoms with Crippen molar-refractivity contribution in [3.05, 3.63) is 29.3 Å². The summed E-state index contributed by atoms with van der Waals surface area (Å²) in [5.41, 5.74) is 2.74. The Balaban J connectivity index is 2.05. The molecule has 0 fully saturated rings. The van der Waals surface area contributed by atoms with Crippen molar-refractivity contribution in [1.82, 2.24) is 5.32 Å². The van der Waals surface area contributed by atoms with Crippen LogP contribution in [0.15, 0.2) is 18.2 Å². The van der Waals surface area contributed by atoms with Crippen LogP contribution in [-0.4, -0.2) is 24.9 Å². The number of ether oxygens (including phenoxy) is 1. The number of benzene rings is 1. The van der Waals surface area contributed by atoms with Gasteiger partial charge >= 0.3 is 0 Å². The summed E-state index contributed by atoms with van der Waals surface area (Å²) in [4.78, 5) is 0. The Morgan fingerprint density at radius 1 is 1.42 bits per heavy atom. The van der Waals surface area contributed by atoms with Gasteiger partial charge in [-0.15, -0.1) is 0 Å². The Bertz CT molecular complexity index is 417. The van der Waals surface area contributed by atoms with Crippen molar-refractivity contribution in [3.8, 4) is 5.75 Å². The Kier molecular flexibility index (Phi) is 4.83. The lowest BCUT2D eigenvalue weighted by Gasteiger charge is -2.28. The van der Waals surface area contributed by atoms with Crippen LogP contribution < -0.4 is 10.1 Å². The van der Waals surface area contributed by atoms with Gasteiger partial charge in [0.25, 0.3) is 0 Å². The Morgan fingerprint density at radius 2 is 2.21 bits per heavy atom. The van der Waals surface area contributed by atoms with Gasteiger partial charge in [0.1, 0.15) is 5.75 Å². The van der Waals surface area contributed by atoms with Crippen molar-refractivity contribution in [2.45, 2.75) is 45.3 Å². The van der Waals surface area contributed by atoms with Gasteiger partial charge in [-0.2, -0.15) is 0 Å². The highest BCUT2D eigenvalue weighted by Crippen LogP contribution is 2.32. The predicted octanol–water partition coefficient (Wildman–Crippen LogP) is 2.68.